The van der Waals surface area contributed by atoms with Gasteiger partial charge in [-0.2, -0.15) is 0 Å². The Morgan fingerprint density at radius 1 is 1.17 bits per heavy atom. The molecule has 1 aromatic carbocycles. The Morgan fingerprint density at radius 3 is 2.08 bits per heavy atom. The van der Waals surface area contributed by atoms with Crippen molar-refractivity contribution in [3.8, 4) is 0 Å². The number of hydrogen-bond donors (Lipinski definition) is 0. The second-order valence-corrected chi connectivity index (χ2v) is 2.66. The summed E-state index contributed by atoms with van der Waals surface area (Å²) in [5.41, 5.74) is -0.296. The predicted molar refractivity (Wildman–Crippen MR) is 40.1 cm³/mol. The summed E-state index contributed by atoms with van der Waals surface area (Å²) >= 11 is 0. The Morgan fingerprint density at radius 2 is 1.67 bits per heavy atom. The van der Waals surface area contributed by atoms with Crippen molar-refractivity contribution in [1.29, 1.82) is 0 Å². The molecule has 0 aliphatic carbocycles. The van der Waals surface area contributed by atoms with Gasteiger partial charge in [-0.15, -0.1) is 0 Å². The van der Waals surface area contributed by atoms with Crippen molar-refractivity contribution in [3.63, 3.8) is 0 Å². The second kappa shape index (κ2) is 3.17. The number of rotatable bonds is 1. The smallest absolute Gasteiger partial charge is 0.165 e. The van der Waals surface area contributed by atoms with Crippen LogP contribution < -0.4 is 0 Å². The van der Waals surface area contributed by atoms with Gasteiger partial charge in [-0.1, -0.05) is 6.92 Å². The van der Waals surface area contributed by atoms with E-state index in [0.717, 1.165) is 12.1 Å². The zero-order valence-electron chi connectivity index (χ0n) is 6.57. The molecule has 1 radical (unpaired) electrons. The van der Waals surface area contributed by atoms with Crippen LogP contribution in [0.25, 0.3) is 0 Å². The van der Waals surface area contributed by atoms with Gasteiger partial charge in [0.2, 0.25) is 0 Å². The average Bonchev–Trinajstić information content (AvgIpc) is 1.97. The van der Waals surface area contributed by atoms with E-state index in [0.29, 0.717) is 0 Å². The third kappa shape index (κ3) is 1.44. The number of hydrogen-bond acceptors (Lipinski definition) is 0. The minimum absolute atomic E-state index is 0.296. The molecule has 0 saturated heterocycles. The van der Waals surface area contributed by atoms with Crippen molar-refractivity contribution in [1.82, 2.24) is 0 Å². The van der Waals surface area contributed by atoms with E-state index >= 15 is 0 Å². The molecule has 0 heterocycles. The molecule has 1 aromatic rings. The number of benzene rings is 1. The highest BCUT2D eigenvalue weighted by Gasteiger charge is 2.15. The maximum Gasteiger partial charge on any atom is 0.165 e. The van der Waals surface area contributed by atoms with Crippen LogP contribution in [0, 0.1) is 24.4 Å². The molecule has 1 atom stereocenters. The molecule has 12 heavy (non-hydrogen) atoms. The van der Waals surface area contributed by atoms with E-state index < -0.39 is 23.4 Å². The molecule has 0 amide bonds. The van der Waals surface area contributed by atoms with Gasteiger partial charge in [0, 0.05) is 5.56 Å². The van der Waals surface area contributed by atoms with Crippen LogP contribution in [-0.2, 0) is 0 Å². The molecule has 65 valence electrons. The van der Waals surface area contributed by atoms with Gasteiger partial charge < -0.3 is 0 Å². The third-order valence-corrected chi connectivity index (χ3v) is 1.57. The molecular weight excluding hydrogens is 165 g/mol. The molecule has 0 nitrogen and oxygen atoms in total. The molecule has 0 spiro atoms. The quantitative estimate of drug-likeness (QED) is 0.572. The fraction of sp³-hybridized carbons (Fsp3) is 0.222. The van der Waals surface area contributed by atoms with E-state index in [-0.39, 0.29) is 5.56 Å². The Balaban J connectivity index is 3.33. The van der Waals surface area contributed by atoms with E-state index in [9.17, 15) is 13.2 Å². The molecule has 0 aromatic heterocycles. The Hall–Kier alpha value is -0.990. The molecule has 0 aliphatic heterocycles. The van der Waals surface area contributed by atoms with Crippen LogP contribution in [0.1, 0.15) is 18.4 Å². The summed E-state index contributed by atoms with van der Waals surface area (Å²) in [6.07, 6.45) is 0. The normalized spacial score (nSPS) is 10.8. The first-order valence-corrected chi connectivity index (χ1v) is 3.50. The SMILES string of the molecule is [CH2]C(C)c1c(F)ccc(F)c1F. The highest BCUT2D eigenvalue weighted by atomic mass is 19.2. The fourth-order valence-corrected chi connectivity index (χ4v) is 0.994. The van der Waals surface area contributed by atoms with Crippen LogP contribution in [0.15, 0.2) is 12.1 Å². The zero-order chi connectivity index (χ0) is 9.30. The van der Waals surface area contributed by atoms with Gasteiger partial charge in [0.25, 0.3) is 0 Å². The van der Waals surface area contributed by atoms with E-state index in [1.165, 1.54) is 6.92 Å². The van der Waals surface area contributed by atoms with E-state index in [1.807, 2.05) is 0 Å². The van der Waals surface area contributed by atoms with Crippen molar-refractivity contribution >= 4 is 0 Å². The maximum atomic E-state index is 12.9. The van der Waals surface area contributed by atoms with Crippen molar-refractivity contribution in [2.24, 2.45) is 0 Å². The summed E-state index contributed by atoms with van der Waals surface area (Å²) in [5, 5.41) is 0. The predicted octanol–water partition coefficient (Wildman–Crippen LogP) is 3.04. The van der Waals surface area contributed by atoms with Gasteiger partial charge >= 0.3 is 0 Å². The van der Waals surface area contributed by atoms with Crippen molar-refractivity contribution in [2.75, 3.05) is 0 Å². The lowest BCUT2D eigenvalue weighted by Crippen LogP contribution is -2.00. The first-order chi connectivity index (χ1) is 5.54. The lowest BCUT2D eigenvalue weighted by Gasteiger charge is -2.07. The topological polar surface area (TPSA) is 0 Å². The lowest BCUT2D eigenvalue weighted by molar-refractivity contribution is 0.476. The first-order valence-electron chi connectivity index (χ1n) is 3.50. The third-order valence-electron chi connectivity index (χ3n) is 1.57. The van der Waals surface area contributed by atoms with Crippen molar-refractivity contribution in [2.45, 2.75) is 12.8 Å². The fourth-order valence-electron chi connectivity index (χ4n) is 0.994. The summed E-state index contributed by atoms with van der Waals surface area (Å²) in [6.45, 7) is 4.93. The van der Waals surface area contributed by atoms with Crippen LogP contribution in [0.5, 0.6) is 0 Å². The Labute approximate surface area is 69.0 Å². The Bertz CT molecular complexity index is 292. The monoisotopic (exact) mass is 173 g/mol. The van der Waals surface area contributed by atoms with Gasteiger partial charge in [-0.3, -0.25) is 0 Å². The summed E-state index contributed by atoms with van der Waals surface area (Å²) in [6, 6.07) is 1.66. The van der Waals surface area contributed by atoms with E-state index in [4.69, 9.17) is 0 Å². The second-order valence-electron chi connectivity index (χ2n) is 2.66. The minimum Gasteiger partial charge on any atom is -0.207 e. The maximum absolute atomic E-state index is 12.9. The van der Waals surface area contributed by atoms with Crippen LogP contribution in [0.4, 0.5) is 13.2 Å². The molecular formula is C9H8F3. The molecule has 1 unspecified atom stereocenters. The molecule has 3 heteroatoms. The van der Waals surface area contributed by atoms with E-state index in [1.54, 1.807) is 0 Å². The summed E-state index contributed by atoms with van der Waals surface area (Å²) in [4.78, 5) is 0. The molecule has 0 aliphatic rings. The minimum atomic E-state index is -1.14. The highest BCUT2D eigenvalue weighted by Crippen LogP contribution is 2.23. The first kappa shape index (κ1) is 9.10. The molecule has 0 bridgehead atoms. The van der Waals surface area contributed by atoms with Crippen LogP contribution in [0.3, 0.4) is 0 Å². The van der Waals surface area contributed by atoms with Gasteiger partial charge in [0.1, 0.15) is 5.82 Å². The molecule has 0 N–H and O–H groups in total. The molecule has 1 rings (SSSR count). The van der Waals surface area contributed by atoms with Gasteiger partial charge in [0.05, 0.1) is 0 Å². The summed E-state index contributed by atoms with van der Waals surface area (Å²) in [5.74, 6) is -3.53. The molecule has 0 fully saturated rings. The van der Waals surface area contributed by atoms with Crippen LogP contribution in [0.2, 0.25) is 0 Å². The standard InChI is InChI=1S/C9H8F3/c1-5(2)8-6(10)3-4-7(11)9(8)12/h3-5H,1H2,2H3. The average molecular weight is 173 g/mol. The lowest BCUT2D eigenvalue weighted by atomic mass is 10.0. The van der Waals surface area contributed by atoms with Crippen molar-refractivity contribution < 1.29 is 13.2 Å². The van der Waals surface area contributed by atoms with Gasteiger partial charge in [-0.25, -0.2) is 13.2 Å². The van der Waals surface area contributed by atoms with Gasteiger partial charge in [0.15, 0.2) is 11.6 Å². The molecule has 0 saturated carbocycles. The summed E-state index contributed by atoms with van der Waals surface area (Å²) in [7, 11) is 0. The largest absolute Gasteiger partial charge is 0.207 e. The summed E-state index contributed by atoms with van der Waals surface area (Å²) < 4.78 is 38.2. The number of halogens is 3. The van der Waals surface area contributed by atoms with Crippen LogP contribution in [-0.4, -0.2) is 0 Å². The van der Waals surface area contributed by atoms with E-state index in [2.05, 4.69) is 6.92 Å². The van der Waals surface area contributed by atoms with Gasteiger partial charge in [-0.05, 0) is 25.0 Å². The van der Waals surface area contributed by atoms with Crippen LogP contribution >= 0.6 is 0 Å². The zero-order valence-corrected chi connectivity index (χ0v) is 6.57. The Kier molecular flexibility index (Phi) is 2.40. The highest BCUT2D eigenvalue weighted by molar-refractivity contribution is 5.25. The van der Waals surface area contributed by atoms with Crippen molar-refractivity contribution in [3.05, 3.63) is 42.1 Å².